The van der Waals surface area contributed by atoms with Crippen LogP contribution in [0.1, 0.15) is 47.7 Å². The Morgan fingerprint density at radius 1 is 1.11 bits per heavy atom. The molecule has 2 aliphatic rings. The summed E-state index contributed by atoms with van der Waals surface area (Å²) in [4.78, 5) is 14.1. The summed E-state index contributed by atoms with van der Waals surface area (Å²) in [5.74, 6) is 0.180. The number of ketones is 1. The highest BCUT2D eigenvalue weighted by atomic mass is 16.1. The van der Waals surface area contributed by atoms with Crippen LogP contribution in [0.2, 0.25) is 0 Å². The van der Waals surface area contributed by atoms with Gasteiger partial charge in [0.1, 0.15) is 0 Å². The molecule has 1 aromatic carbocycles. The Labute approximate surface area is 109 Å². The van der Waals surface area contributed by atoms with Gasteiger partial charge in [-0.05, 0) is 62.9 Å². The van der Waals surface area contributed by atoms with Crippen LogP contribution in [0.3, 0.4) is 0 Å². The van der Waals surface area contributed by atoms with E-state index in [4.69, 9.17) is 0 Å². The Morgan fingerprint density at radius 3 is 2.56 bits per heavy atom. The molecule has 2 nitrogen and oxygen atoms in total. The molecule has 0 aromatic heterocycles. The van der Waals surface area contributed by atoms with E-state index in [0.717, 1.165) is 12.0 Å². The van der Waals surface area contributed by atoms with Crippen LogP contribution in [-0.4, -0.2) is 29.8 Å². The van der Waals surface area contributed by atoms with Crippen molar-refractivity contribution in [3.05, 3.63) is 34.9 Å². The molecular formula is C16H21NO. The summed E-state index contributed by atoms with van der Waals surface area (Å²) >= 11 is 0. The molecule has 3 rings (SSSR count). The van der Waals surface area contributed by atoms with Gasteiger partial charge in [-0.25, -0.2) is 0 Å². The molecule has 0 N–H and O–H groups in total. The Morgan fingerprint density at radius 2 is 1.83 bits per heavy atom. The van der Waals surface area contributed by atoms with Gasteiger partial charge >= 0.3 is 0 Å². The maximum absolute atomic E-state index is 11.4. The average molecular weight is 243 g/mol. The molecular weight excluding hydrogens is 222 g/mol. The Kier molecular flexibility index (Phi) is 3.21. The summed E-state index contributed by atoms with van der Waals surface area (Å²) in [6.07, 6.45) is 6.41. The maximum atomic E-state index is 11.4. The van der Waals surface area contributed by atoms with Crippen LogP contribution in [0.15, 0.2) is 18.2 Å². The molecule has 0 bridgehead atoms. The number of nitrogens with zero attached hydrogens (tertiary/aromatic N) is 1. The lowest BCUT2D eigenvalue weighted by Crippen LogP contribution is -2.39. The van der Waals surface area contributed by atoms with E-state index in [-0.39, 0.29) is 5.78 Å². The highest BCUT2D eigenvalue weighted by Crippen LogP contribution is 2.28. The van der Waals surface area contributed by atoms with Gasteiger partial charge in [0.25, 0.3) is 0 Å². The number of benzene rings is 1. The zero-order chi connectivity index (χ0) is 12.5. The summed E-state index contributed by atoms with van der Waals surface area (Å²) < 4.78 is 0. The van der Waals surface area contributed by atoms with Gasteiger partial charge in [-0.1, -0.05) is 18.6 Å². The highest BCUT2D eigenvalue weighted by molar-refractivity contribution is 5.94. The fourth-order valence-corrected chi connectivity index (χ4v) is 3.36. The van der Waals surface area contributed by atoms with Crippen molar-refractivity contribution in [1.82, 2.24) is 4.90 Å². The third kappa shape index (κ3) is 2.22. The molecule has 1 atom stereocenters. The first-order valence-corrected chi connectivity index (χ1v) is 7.11. The summed E-state index contributed by atoms with van der Waals surface area (Å²) in [6.45, 7) is 4.18. The second-order valence-corrected chi connectivity index (χ2v) is 5.70. The van der Waals surface area contributed by atoms with Crippen molar-refractivity contribution in [1.29, 1.82) is 0 Å². The Balaban J connectivity index is 1.76. The number of Topliss-reactive ketones (excluding diaryl/α,β-unsaturated/α-hetero) is 1. The second-order valence-electron chi connectivity index (χ2n) is 5.70. The van der Waals surface area contributed by atoms with Gasteiger partial charge in [0.15, 0.2) is 5.78 Å². The number of fused-ring (bicyclic) bond motifs is 1. The summed E-state index contributed by atoms with van der Waals surface area (Å²) in [6, 6.07) is 6.94. The maximum Gasteiger partial charge on any atom is 0.159 e. The van der Waals surface area contributed by atoms with Crippen LogP contribution >= 0.6 is 0 Å². The number of likely N-dealkylation sites (tertiary alicyclic amines) is 1. The summed E-state index contributed by atoms with van der Waals surface area (Å²) in [5.41, 5.74) is 3.72. The number of hydrogen-bond acceptors (Lipinski definition) is 2. The first kappa shape index (κ1) is 11.9. The zero-order valence-corrected chi connectivity index (χ0v) is 11.1. The molecule has 0 saturated carbocycles. The topological polar surface area (TPSA) is 20.3 Å². The standard InChI is InChI=1S/C16H21NO/c1-12(18)13-5-6-14-10-16(11-15(14)9-13)17-7-3-2-4-8-17/h5-6,9,16H,2-4,7-8,10-11H2,1H3/t16-/m1/s1. The zero-order valence-electron chi connectivity index (χ0n) is 11.1. The van der Waals surface area contributed by atoms with E-state index in [1.807, 2.05) is 6.07 Å². The van der Waals surface area contributed by atoms with Crippen molar-refractivity contribution in [2.24, 2.45) is 0 Å². The van der Waals surface area contributed by atoms with Crippen molar-refractivity contribution in [3.63, 3.8) is 0 Å². The van der Waals surface area contributed by atoms with Crippen LogP contribution < -0.4 is 0 Å². The lowest BCUT2D eigenvalue weighted by Gasteiger charge is -2.32. The monoisotopic (exact) mass is 243 g/mol. The van der Waals surface area contributed by atoms with E-state index < -0.39 is 0 Å². The quantitative estimate of drug-likeness (QED) is 0.744. The fraction of sp³-hybridized carbons (Fsp3) is 0.562. The minimum absolute atomic E-state index is 0.180. The van der Waals surface area contributed by atoms with Crippen LogP contribution in [-0.2, 0) is 12.8 Å². The van der Waals surface area contributed by atoms with Gasteiger partial charge in [0.05, 0.1) is 0 Å². The molecule has 1 fully saturated rings. The van der Waals surface area contributed by atoms with Crippen molar-refractivity contribution in [2.75, 3.05) is 13.1 Å². The summed E-state index contributed by atoms with van der Waals surface area (Å²) in [7, 11) is 0. The smallest absolute Gasteiger partial charge is 0.159 e. The van der Waals surface area contributed by atoms with Gasteiger partial charge in [-0.3, -0.25) is 9.69 Å². The second kappa shape index (κ2) is 4.85. The minimum atomic E-state index is 0.180. The fourth-order valence-electron chi connectivity index (χ4n) is 3.36. The molecule has 0 spiro atoms. The van der Waals surface area contributed by atoms with Gasteiger partial charge < -0.3 is 0 Å². The van der Waals surface area contributed by atoms with E-state index in [0.29, 0.717) is 6.04 Å². The third-order valence-electron chi connectivity index (χ3n) is 4.43. The van der Waals surface area contributed by atoms with Crippen molar-refractivity contribution in [2.45, 2.75) is 45.1 Å². The Bertz CT molecular complexity index is 460. The third-order valence-corrected chi connectivity index (χ3v) is 4.43. The Hall–Kier alpha value is -1.15. The largest absolute Gasteiger partial charge is 0.300 e. The molecule has 2 heteroatoms. The van der Waals surface area contributed by atoms with Gasteiger partial charge in [0.2, 0.25) is 0 Å². The van der Waals surface area contributed by atoms with Crippen LogP contribution in [0.4, 0.5) is 0 Å². The first-order valence-electron chi connectivity index (χ1n) is 7.11. The van der Waals surface area contributed by atoms with E-state index in [9.17, 15) is 4.79 Å². The molecule has 1 aliphatic heterocycles. The van der Waals surface area contributed by atoms with E-state index in [2.05, 4.69) is 17.0 Å². The van der Waals surface area contributed by atoms with E-state index in [1.165, 1.54) is 49.9 Å². The predicted molar refractivity (Wildman–Crippen MR) is 73.1 cm³/mol. The van der Waals surface area contributed by atoms with Gasteiger partial charge in [0, 0.05) is 11.6 Å². The average Bonchev–Trinajstić information content (AvgIpc) is 2.82. The van der Waals surface area contributed by atoms with Crippen LogP contribution in [0, 0.1) is 0 Å². The molecule has 0 amide bonds. The van der Waals surface area contributed by atoms with E-state index in [1.54, 1.807) is 6.92 Å². The number of carbonyl (C=O) groups is 1. The SMILES string of the molecule is CC(=O)c1ccc2c(c1)C[C@H](N1CCCCC1)C2. The van der Waals surface area contributed by atoms with Crippen LogP contribution in [0.5, 0.6) is 0 Å². The number of carbonyl (C=O) groups excluding carboxylic acids is 1. The predicted octanol–water partition coefficient (Wildman–Crippen LogP) is 2.84. The van der Waals surface area contributed by atoms with Crippen LogP contribution in [0.25, 0.3) is 0 Å². The normalized spacial score (nSPS) is 23.9. The number of piperidine rings is 1. The highest BCUT2D eigenvalue weighted by Gasteiger charge is 2.27. The van der Waals surface area contributed by atoms with Crippen molar-refractivity contribution >= 4 is 5.78 Å². The van der Waals surface area contributed by atoms with Gasteiger partial charge in [-0.15, -0.1) is 0 Å². The number of rotatable bonds is 2. The van der Waals surface area contributed by atoms with Crippen molar-refractivity contribution < 1.29 is 4.79 Å². The minimum Gasteiger partial charge on any atom is -0.300 e. The molecule has 1 saturated heterocycles. The lowest BCUT2D eigenvalue weighted by atomic mass is 10.0. The molecule has 1 aliphatic carbocycles. The lowest BCUT2D eigenvalue weighted by molar-refractivity contribution is 0.101. The molecule has 0 unspecified atom stereocenters. The van der Waals surface area contributed by atoms with Gasteiger partial charge in [-0.2, -0.15) is 0 Å². The molecule has 1 aromatic rings. The summed E-state index contributed by atoms with van der Waals surface area (Å²) in [5, 5.41) is 0. The number of hydrogen-bond donors (Lipinski definition) is 0. The van der Waals surface area contributed by atoms with Crippen molar-refractivity contribution in [3.8, 4) is 0 Å². The molecule has 96 valence electrons. The first-order chi connectivity index (χ1) is 8.74. The molecule has 1 heterocycles. The molecule has 0 radical (unpaired) electrons. The van der Waals surface area contributed by atoms with E-state index >= 15 is 0 Å². The molecule has 18 heavy (non-hydrogen) atoms.